The standard InChI is InChI=1S/C28H36N4O3/c1-4-32-14-13-30(15-16-34-26-8-6-5-7-24(26)18-28(32)33)19-23-9-10-27(35-22(2)3)25(17-23)20-31-12-11-29-21-31/h5-12,17,21-22H,4,13-16,18-20H2,1-3H3. The Kier molecular flexibility index (Phi) is 8.42. The molecule has 0 aliphatic carbocycles. The number of hydrogen-bond acceptors (Lipinski definition) is 5. The molecule has 35 heavy (non-hydrogen) atoms. The molecule has 0 unspecified atom stereocenters. The third-order valence-corrected chi connectivity index (χ3v) is 6.21. The first-order chi connectivity index (χ1) is 17.0. The summed E-state index contributed by atoms with van der Waals surface area (Å²) in [7, 11) is 0. The number of para-hydroxylation sites is 1. The van der Waals surface area contributed by atoms with Crippen molar-refractivity contribution in [3.63, 3.8) is 0 Å². The van der Waals surface area contributed by atoms with E-state index in [0.29, 0.717) is 32.7 Å². The summed E-state index contributed by atoms with van der Waals surface area (Å²) < 4.78 is 14.3. The van der Waals surface area contributed by atoms with E-state index < -0.39 is 0 Å². The van der Waals surface area contributed by atoms with Gasteiger partial charge >= 0.3 is 0 Å². The van der Waals surface area contributed by atoms with Gasteiger partial charge in [0.25, 0.3) is 0 Å². The maximum Gasteiger partial charge on any atom is 0.227 e. The average Bonchev–Trinajstić information content (AvgIpc) is 3.33. The molecular formula is C28H36N4O3. The Morgan fingerprint density at radius 1 is 1.09 bits per heavy atom. The van der Waals surface area contributed by atoms with Crippen LogP contribution in [-0.2, 0) is 24.3 Å². The van der Waals surface area contributed by atoms with Crippen molar-refractivity contribution in [2.75, 3.05) is 32.8 Å². The predicted octanol–water partition coefficient (Wildman–Crippen LogP) is 4.00. The van der Waals surface area contributed by atoms with E-state index in [2.05, 4.69) is 32.7 Å². The number of carbonyl (C=O) groups is 1. The molecule has 0 bridgehead atoms. The number of amides is 1. The number of benzene rings is 2. The van der Waals surface area contributed by atoms with Crippen LogP contribution in [0, 0.1) is 0 Å². The molecule has 1 amide bonds. The van der Waals surface area contributed by atoms with Gasteiger partial charge in [-0.2, -0.15) is 0 Å². The van der Waals surface area contributed by atoms with Crippen molar-refractivity contribution in [3.8, 4) is 11.5 Å². The summed E-state index contributed by atoms with van der Waals surface area (Å²) in [6, 6.07) is 14.3. The molecular weight excluding hydrogens is 440 g/mol. The van der Waals surface area contributed by atoms with E-state index in [9.17, 15) is 4.79 Å². The summed E-state index contributed by atoms with van der Waals surface area (Å²) in [6.45, 7) is 11.2. The molecule has 0 saturated heterocycles. The SMILES string of the molecule is CCN1CCN(Cc2ccc(OC(C)C)c(Cn3ccnc3)c2)CCOc2ccccc2CC1=O. The maximum absolute atomic E-state index is 13.0. The molecule has 1 aliphatic rings. The smallest absolute Gasteiger partial charge is 0.227 e. The van der Waals surface area contributed by atoms with Crippen molar-refractivity contribution in [2.24, 2.45) is 0 Å². The number of hydrogen-bond donors (Lipinski definition) is 0. The first-order valence-corrected chi connectivity index (χ1v) is 12.5. The number of imidazole rings is 1. The number of carbonyl (C=O) groups excluding carboxylic acids is 1. The summed E-state index contributed by atoms with van der Waals surface area (Å²) in [4.78, 5) is 21.4. The van der Waals surface area contributed by atoms with Gasteiger partial charge in [0.05, 0.1) is 25.4 Å². The molecule has 2 heterocycles. The minimum atomic E-state index is 0.103. The van der Waals surface area contributed by atoms with Gasteiger partial charge in [0.1, 0.15) is 18.1 Å². The number of ether oxygens (including phenoxy) is 2. The molecule has 186 valence electrons. The largest absolute Gasteiger partial charge is 0.492 e. The van der Waals surface area contributed by atoms with Crippen LogP contribution in [0.3, 0.4) is 0 Å². The van der Waals surface area contributed by atoms with Crippen molar-refractivity contribution < 1.29 is 14.3 Å². The second-order valence-electron chi connectivity index (χ2n) is 9.23. The molecule has 2 aromatic carbocycles. The van der Waals surface area contributed by atoms with E-state index in [1.807, 2.05) is 62.5 Å². The van der Waals surface area contributed by atoms with Gasteiger partial charge in [-0.3, -0.25) is 9.69 Å². The molecule has 7 nitrogen and oxygen atoms in total. The second kappa shape index (κ2) is 11.9. The van der Waals surface area contributed by atoms with Crippen LogP contribution >= 0.6 is 0 Å². The first kappa shape index (κ1) is 24.8. The average molecular weight is 477 g/mol. The van der Waals surface area contributed by atoms with Gasteiger partial charge in [-0.25, -0.2) is 4.98 Å². The number of fused-ring (bicyclic) bond motifs is 1. The fourth-order valence-corrected chi connectivity index (χ4v) is 4.40. The molecule has 0 saturated carbocycles. The minimum Gasteiger partial charge on any atom is -0.492 e. The Bertz CT molecular complexity index is 1100. The lowest BCUT2D eigenvalue weighted by Gasteiger charge is -2.27. The number of likely N-dealkylation sites (N-methyl/N-ethyl adjacent to an activating group) is 1. The van der Waals surface area contributed by atoms with Gasteiger partial charge in [-0.15, -0.1) is 0 Å². The lowest BCUT2D eigenvalue weighted by molar-refractivity contribution is -0.130. The van der Waals surface area contributed by atoms with Gasteiger partial charge in [0, 0.05) is 56.2 Å². The molecule has 7 heteroatoms. The van der Waals surface area contributed by atoms with E-state index in [4.69, 9.17) is 9.47 Å². The molecule has 1 aromatic heterocycles. The molecule has 0 fully saturated rings. The quantitative estimate of drug-likeness (QED) is 0.516. The zero-order chi connectivity index (χ0) is 24.6. The summed E-state index contributed by atoms with van der Waals surface area (Å²) >= 11 is 0. The molecule has 0 atom stereocenters. The van der Waals surface area contributed by atoms with E-state index >= 15 is 0 Å². The topological polar surface area (TPSA) is 59.8 Å². The second-order valence-corrected chi connectivity index (χ2v) is 9.23. The summed E-state index contributed by atoms with van der Waals surface area (Å²) in [6.07, 6.45) is 6.06. The Morgan fingerprint density at radius 3 is 2.71 bits per heavy atom. The molecule has 4 rings (SSSR count). The predicted molar refractivity (Wildman–Crippen MR) is 137 cm³/mol. The number of nitrogens with zero attached hydrogens (tertiary/aromatic N) is 4. The van der Waals surface area contributed by atoms with Crippen molar-refractivity contribution >= 4 is 5.91 Å². The highest BCUT2D eigenvalue weighted by Crippen LogP contribution is 2.24. The highest BCUT2D eigenvalue weighted by molar-refractivity contribution is 5.79. The summed E-state index contributed by atoms with van der Waals surface area (Å²) in [5, 5.41) is 0. The van der Waals surface area contributed by atoms with Crippen LogP contribution in [0.1, 0.15) is 37.5 Å². The van der Waals surface area contributed by atoms with E-state index in [1.165, 1.54) is 5.56 Å². The van der Waals surface area contributed by atoms with Crippen LogP contribution in [0.2, 0.25) is 0 Å². The van der Waals surface area contributed by atoms with Gasteiger partial charge in [-0.05, 0) is 44.5 Å². The number of rotatable bonds is 7. The van der Waals surface area contributed by atoms with Crippen molar-refractivity contribution in [2.45, 2.75) is 46.4 Å². The monoisotopic (exact) mass is 476 g/mol. The lowest BCUT2D eigenvalue weighted by atomic mass is 10.1. The van der Waals surface area contributed by atoms with Crippen molar-refractivity contribution in [3.05, 3.63) is 77.9 Å². The van der Waals surface area contributed by atoms with Crippen LogP contribution in [-0.4, -0.2) is 64.1 Å². The van der Waals surface area contributed by atoms with Gasteiger partial charge in [0.15, 0.2) is 0 Å². The molecule has 0 N–H and O–H groups in total. The van der Waals surface area contributed by atoms with Crippen molar-refractivity contribution in [1.82, 2.24) is 19.4 Å². The van der Waals surface area contributed by atoms with Gasteiger partial charge in [-0.1, -0.05) is 24.3 Å². The summed E-state index contributed by atoms with van der Waals surface area (Å²) in [5.74, 6) is 1.84. The minimum absolute atomic E-state index is 0.103. The van der Waals surface area contributed by atoms with E-state index in [1.54, 1.807) is 6.20 Å². The highest BCUT2D eigenvalue weighted by Gasteiger charge is 2.19. The van der Waals surface area contributed by atoms with Gasteiger partial charge in [0.2, 0.25) is 5.91 Å². The molecule has 0 spiro atoms. The van der Waals surface area contributed by atoms with Crippen LogP contribution in [0.15, 0.2) is 61.2 Å². The fraction of sp³-hybridized carbons (Fsp3) is 0.429. The van der Waals surface area contributed by atoms with E-state index in [0.717, 1.165) is 42.3 Å². The summed E-state index contributed by atoms with van der Waals surface area (Å²) in [5.41, 5.74) is 3.29. The number of aromatic nitrogens is 2. The molecule has 0 radical (unpaired) electrons. The van der Waals surface area contributed by atoms with Crippen molar-refractivity contribution in [1.29, 1.82) is 0 Å². The highest BCUT2D eigenvalue weighted by atomic mass is 16.5. The Morgan fingerprint density at radius 2 is 1.94 bits per heavy atom. The van der Waals surface area contributed by atoms with Crippen LogP contribution in [0.25, 0.3) is 0 Å². The van der Waals surface area contributed by atoms with Crippen LogP contribution in [0.4, 0.5) is 0 Å². The third kappa shape index (κ3) is 6.85. The first-order valence-electron chi connectivity index (χ1n) is 12.5. The maximum atomic E-state index is 13.0. The zero-order valence-electron chi connectivity index (χ0n) is 21.0. The van der Waals surface area contributed by atoms with E-state index in [-0.39, 0.29) is 12.0 Å². The Labute approximate surface area is 208 Å². The zero-order valence-corrected chi connectivity index (χ0v) is 21.0. The van der Waals surface area contributed by atoms with Gasteiger partial charge < -0.3 is 18.9 Å². The Balaban J connectivity index is 1.53. The van der Waals surface area contributed by atoms with Crippen LogP contribution in [0.5, 0.6) is 11.5 Å². The van der Waals surface area contributed by atoms with Crippen LogP contribution < -0.4 is 9.47 Å². The fourth-order valence-electron chi connectivity index (χ4n) is 4.40. The lowest BCUT2D eigenvalue weighted by Crippen LogP contribution is -2.39. The third-order valence-electron chi connectivity index (χ3n) is 6.21. The Hall–Kier alpha value is -3.32. The normalized spacial score (nSPS) is 15.4. The molecule has 3 aromatic rings. The molecule has 1 aliphatic heterocycles.